The van der Waals surface area contributed by atoms with E-state index >= 15 is 0 Å². The van der Waals surface area contributed by atoms with Crippen molar-refractivity contribution in [2.24, 2.45) is 0 Å². The molecule has 7 nitrogen and oxygen atoms in total. The van der Waals surface area contributed by atoms with E-state index in [0.717, 1.165) is 0 Å². The average molecular weight is 293 g/mol. The van der Waals surface area contributed by atoms with Crippen molar-refractivity contribution in [3.63, 3.8) is 0 Å². The minimum Gasteiger partial charge on any atom is -0.444 e. The molecule has 0 unspecified atom stereocenters. The van der Waals surface area contributed by atoms with Gasteiger partial charge in [-0.15, -0.1) is 0 Å². The summed E-state index contributed by atoms with van der Waals surface area (Å²) in [6.45, 7) is 5.79. The number of nitrogens with one attached hydrogen (secondary N) is 1. The van der Waals surface area contributed by atoms with Crippen LogP contribution in [-0.2, 0) is 4.74 Å². The highest BCUT2D eigenvalue weighted by molar-refractivity contribution is 5.67. The molecule has 1 amide bonds. The van der Waals surface area contributed by atoms with E-state index in [1.54, 1.807) is 32.9 Å². The van der Waals surface area contributed by atoms with Gasteiger partial charge in [0.1, 0.15) is 5.60 Å². The van der Waals surface area contributed by atoms with E-state index in [4.69, 9.17) is 4.74 Å². The molecule has 114 valence electrons. The van der Waals surface area contributed by atoms with Crippen LogP contribution >= 0.6 is 0 Å². The summed E-state index contributed by atoms with van der Waals surface area (Å²) < 4.78 is 5.08. The van der Waals surface area contributed by atoms with Crippen molar-refractivity contribution in [2.75, 3.05) is 6.54 Å². The topological polar surface area (TPSA) is 94.4 Å². The third-order valence-corrected chi connectivity index (χ3v) is 2.24. The zero-order chi connectivity index (χ0) is 15.9. The van der Waals surface area contributed by atoms with E-state index in [0.29, 0.717) is 18.7 Å². The van der Waals surface area contributed by atoms with Gasteiger partial charge in [0, 0.05) is 24.9 Å². The second-order valence-corrected chi connectivity index (χ2v) is 5.32. The number of carbonyl (C=O) groups excluding carboxylic acids is 1. The fraction of sp³-hybridized carbons (Fsp3) is 0.429. The lowest BCUT2D eigenvalue weighted by Crippen LogP contribution is -2.32. The van der Waals surface area contributed by atoms with Gasteiger partial charge in [-0.2, -0.15) is 0 Å². The van der Waals surface area contributed by atoms with Gasteiger partial charge in [0.25, 0.3) is 5.69 Å². The molecule has 0 bridgehead atoms. The first kappa shape index (κ1) is 16.6. The van der Waals surface area contributed by atoms with Crippen LogP contribution in [0.25, 0.3) is 6.08 Å². The first-order valence-electron chi connectivity index (χ1n) is 6.52. The Bertz CT molecular complexity index is 535. The van der Waals surface area contributed by atoms with Crippen LogP contribution in [0.2, 0.25) is 0 Å². The van der Waals surface area contributed by atoms with E-state index in [2.05, 4.69) is 10.3 Å². The lowest BCUT2D eigenvalue weighted by molar-refractivity contribution is -0.384. The van der Waals surface area contributed by atoms with E-state index in [1.165, 1.54) is 18.3 Å². The molecule has 1 aromatic heterocycles. The number of pyridine rings is 1. The number of amides is 1. The van der Waals surface area contributed by atoms with E-state index in [-0.39, 0.29) is 5.69 Å². The number of alkyl carbamates (subject to hydrolysis) is 1. The highest BCUT2D eigenvalue weighted by atomic mass is 16.6. The summed E-state index contributed by atoms with van der Waals surface area (Å²) in [5.41, 5.74) is -0.0229. The SMILES string of the molecule is CC(C)(C)OC(=O)NCCC=Cc1cc([N+](=O)[O-])ccn1. The molecule has 0 aliphatic heterocycles. The Balaban J connectivity index is 2.37. The number of ether oxygens (including phenoxy) is 1. The third kappa shape index (κ3) is 7.05. The van der Waals surface area contributed by atoms with Gasteiger partial charge < -0.3 is 10.1 Å². The number of nitro groups is 1. The van der Waals surface area contributed by atoms with Crippen LogP contribution in [0.3, 0.4) is 0 Å². The summed E-state index contributed by atoms with van der Waals surface area (Å²) in [4.78, 5) is 25.5. The van der Waals surface area contributed by atoms with E-state index in [1.807, 2.05) is 0 Å². The Morgan fingerprint density at radius 1 is 1.52 bits per heavy atom. The summed E-state index contributed by atoms with van der Waals surface area (Å²) in [6, 6.07) is 2.72. The van der Waals surface area contributed by atoms with Crippen molar-refractivity contribution in [3.8, 4) is 0 Å². The molecule has 1 rings (SSSR count). The van der Waals surface area contributed by atoms with Crippen LogP contribution in [0.1, 0.15) is 32.9 Å². The maximum Gasteiger partial charge on any atom is 0.407 e. The van der Waals surface area contributed by atoms with Crippen LogP contribution in [0.5, 0.6) is 0 Å². The molecule has 0 saturated heterocycles. The van der Waals surface area contributed by atoms with Crippen LogP contribution in [0, 0.1) is 10.1 Å². The zero-order valence-electron chi connectivity index (χ0n) is 12.3. The molecule has 0 radical (unpaired) electrons. The van der Waals surface area contributed by atoms with Crippen molar-refractivity contribution in [3.05, 3.63) is 40.2 Å². The maximum absolute atomic E-state index is 11.4. The predicted octanol–water partition coefficient (Wildman–Crippen LogP) is 2.92. The lowest BCUT2D eigenvalue weighted by Gasteiger charge is -2.19. The Morgan fingerprint density at radius 3 is 2.86 bits per heavy atom. The molecule has 1 N–H and O–H groups in total. The molecule has 0 aliphatic rings. The predicted molar refractivity (Wildman–Crippen MR) is 78.8 cm³/mol. The monoisotopic (exact) mass is 293 g/mol. The van der Waals surface area contributed by atoms with Crippen LogP contribution in [-0.4, -0.2) is 28.1 Å². The van der Waals surface area contributed by atoms with E-state index < -0.39 is 16.6 Å². The zero-order valence-corrected chi connectivity index (χ0v) is 12.3. The number of hydrogen-bond donors (Lipinski definition) is 1. The highest BCUT2D eigenvalue weighted by Gasteiger charge is 2.15. The second kappa shape index (κ2) is 7.37. The van der Waals surface area contributed by atoms with E-state index in [9.17, 15) is 14.9 Å². The van der Waals surface area contributed by atoms with Gasteiger partial charge in [0.15, 0.2) is 0 Å². The highest BCUT2D eigenvalue weighted by Crippen LogP contribution is 2.11. The number of carbonyl (C=O) groups is 1. The molecule has 1 aromatic rings. The molecule has 0 fully saturated rings. The van der Waals surface area contributed by atoms with Gasteiger partial charge in [0.05, 0.1) is 10.6 Å². The van der Waals surface area contributed by atoms with Crippen molar-refractivity contribution in [2.45, 2.75) is 32.8 Å². The van der Waals surface area contributed by atoms with Gasteiger partial charge in [-0.25, -0.2) is 4.79 Å². The Labute approximate surface area is 123 Å². The molecule has 21 heavy (non-hydrogen) atoms. The smallest absolute Gasteiger partial charge is 0.407 e. The number of hydrogen-bond acceptors (Lipinski definition) is 5. The van der Waals surface area contributed by atoms with Crippen LogP contribution in [0.4, 0.5) is 10.5 Å². The molecular weight excluding hydrogens is 274 g/mol. The number of nitrogens with zero attached hydrogens (tertiary/aromatic N) is 2. The Kier molecular flexibility index (Phi) is 5.83. The molecule has 0 spiro atoms. The summed E-state index contributed by atoms with van der Waals surface area (Å²) in [5, 5.41) is 13.2. The summed E-state index contributed by atoms with van der Waals surface area (Å²) in [6.07, 6.45) is 4.94. The van der Waals surface area contributed by atoms with Crippen molar-refractivity contribution in [1.29, 1.82) is 0 Å². The second-order valence-electron chi connectivity index (χ2n) is 5.32. The van der Waals surface area contributed by atoms with Crippen molar-refractivity contribution >= 4 is 17.9 Å². The summed E-state index contributed by atoms with van der Waals surface area (Å²) in [7, 11) is 0. The molecule has 0 atom stereocenters. The van der Waals surface area contributed by atoms with Crippen LogP contribution in [0.15, 0.2) is 24.4 Å². The molecule has 1 heterocycles. The van der Waals surface area contributed by atoms with Gasteiger partial charge >= 0.3 is 6.09 Å². The molecule has 0 saturated carbocycles. The standard InChI is InChI=1S/C14H19N3O4/c1-14(2,3)21-13(18)16-8-5-4-6-11-10-12(17(19)20)7-9-15-11/h4,6-7,9-10H,5,8H2,1-3H3,(H,16,18). The number of aromatic nitrogens is 1. The third-order valence-electron chi connectivity index (χ3n) is 2.24. The lowest BCUT2D eigenvalue weighted by atomic mass is 10.2. The number of rotatable bonds is 5. The Hall–Kier alpha value is -2.44. The fourth-order valence-electron chi connectivity index (χ4n) is 1.42. The quantitative estimate of drug-likeness (QED) is 0.511. The van der Waals surface area contributed by atoms with Gasteiger partial charge in [-0.1, -0.05) is 6.08 Å². The normalized spacial score (nSPS) is 11.4. The van der Waals surface area contributed by atoms with Crippen molar-refractivity contribution < 1.29 is 14.5 Å². The van der Waals surface area contributed by atoms with Crippen LogP contribution < -0.4 is 5.32 Å². The fourth-order valence-corrected chi connectivity index (χ4v) is 1.42. The average Bonchev–Trinajstić information content (AvgIpc) is 2.36. The summed E-state index contributed by atoms with van der Waals surface area (Å²) in [5.74, 6) is 0. The van der Waals surface area contributed by atoms with Gasteiger partial charge in [-0.3, -0.25) is 15.1 Å². The van der Waals surface area contributed by atoms with Gasteiger partial charge in [-0.05, 0) is 33.3 Å². The Morgan fingerprint density at radius 2 is 2.24 bits per heavy atom. The molecular formula is C14H19N3O4. The first-order valence-corrected chi connectivity index (χ1v) is 6.52. The minimum atomic E-state index is -0.521. The molecule has 0 aliphatic carbocycles. The molecule has 0 aromatic carbocycles. The minimum absolute atomic E-state index is 0.00321. The maximum atomic E-state index is 11.4. The summed E-state index contributed by atoms with van der Waals surface area (Å²) >= 11 is 0. The van der Waals surface area contributed by atoms with Gasteiger partial charge in [0.2, 0.25) is 0 Å². The largest absolute Gasteiger partial charge is 0.444 e. The van der Waals surface area contributed by atoms with Crippen molar-refractivity contribution in [1.82, 2.24) is 10.3 Å². The first-order chi connectivity index (χ1) is 9.78. The molecule has 7 heteroatoms.